The molecule has 0 rings (SSSR count). The Morgan fingerprint density at radius 1 is 0.568 bits per heavy atom. The van der Waals surface area contributed by atoms with Gasteiger partial charge in [0.15, 0.2) is 0 Å². The molecule has 0 aliphatic carbocycles. The predicted molar refractivity (Wildman–Crippen MR) is 165 cm³/mol. The van der Waals surface area contributed by atoms with Crippen molar-refractivity contribution in [3.05, 3.63) is 0 Å². The van der Waals surface area contributed by atoms with Gasteiger partial charge in [-0.1, -0.05) is 122 Å². The smallest absolute Gasteiger partial charge is 0.550 e. The molecule has 0 heterocycles. The first-order valence-corrected chi connectivity index (χ1v) is 16.7. The molecule has 0 aromatic heterocycles. The molecule has 10 nitrogen and oxygen atoms in total. The molecule has 0 aromatic carbocycles. The summed E-state index contributed by atoms with van der Waals surface area (Å²) >= 11 is 0. The molecule has 0 fully saturated rings. The first-order chi connectivity index (χ1) is 20.6. The SMILES string of the molecule is CCCCCCCCCCCCCCCCCC(=O)OC(=O)[C@@H](N)CCC(=O)[O-].O=C(O)CCCCCCCCC(=O)O.[Na+]. The summed E-state index contributed by atoms with van der Waals surface area (Å²) in [5.41, 5.74) is 5.48. The van der Waals surface area contributed by atoms with Gasteiger partial charge in [0, 0.05) is 25.2 Å². The second-order valence-corrected chi connectivity index (χ2v) is 11.4. The third kappa shape index (κ3) is 40.5. The predicted octanol–water partition coefficient (Wildman–Crippen LogP) is 3.46. The number of carboxylic acid groups (broad SMARTS) is 3. The van der Waals surface area contributed by atoms with Crippen molar-refractivity contribution in [1.29, 1.82) is 0 Å². The fourth-order valence-corrected chi connectivity index (χ4v) is 4.53. The molecule has 1 atom stereocenters. The van der Waals surface area contributed by atoms with Crippen LogP contribution in [0.25, 0.3) is 0 Å². The van der Waals surface area contributed by atoms with Crippen molar-refractivity contribution in [2.24, 2.45) is 5.73 Å². The average Bonchev–Trinajstić information content (AvgIpc) is 2.95. The van der Waals surface area contributed by atoms with Crippen molar-refractivity contribution in [3.8, 4) is 0 Å². The summed E-state index contributed by atoms with van der Waals surface area (Å²) in [5.74, 6) is -4.21. The van der Waals surface area contributed by atoms with Crippen molar-refractivity contribution in [1.82, 2.24) is 0 Å². The van der Waals surface area contributed by atoms with Gasteiger partial charge in [-0.3, -0.25) is 14.4 Å². The van der Waals surface area contributed by atoms with Gasteiger partial charge in [-0.05, 0) is 32.1 Å². The second kappa shape index (κ2) is 36.0. The van der Waals surface area contributed by atoms with E-state index in [1.54, 1.807) is 0 Å². The Morgan fingerprint density at radius 3 is 1.20 bits per heavy atom. The van der Waals surface area contributed by atoms with E-state index in [9.17, 15) is 29.1 Å². The number of unbranched alkanes of at least 4 members (excludes halogenated alkanes) is 19. The van der Waals surface area contributed by atoms with Crippen LogP contribution in [0.3, 0.4) is 0 Å². The molecular weight excluding hydrogens is 577 g/mol. The van der Waals surface area contributed by atoms with Crippen LogP contribution in [-0.4, -0.2) is 46.1 Å². The molecule has 252 valence electrons. The molecule has 0 amide bonds. The molecule has 0 bridgehead atoms. The number of esters is 2. The Labute approximate surface area is 287 Å². The Hall–Kier alpha value is -1.49. The van der Waals surface area contributed by atoms with Crippen molar-refractivity contribution in [3.63, 3.8) is 0 Å². The standard InChI is InChI=1S/C23H43NO5.C10H18O4.Na/c1-2-3-4-5-6-7-8-9-10-11-12-13-14-15-16-17-22(27)29-23(28)20(24)18-19-21(25)26;11-9(12)7-5-3-1-2-4-6-8-10(13)14;/h20H,2-19,24H2,1H3,(H,25,26);1-8H2,(H,11,12)(H,13,14);/q;;+1/p-1/t20-;;/m0../s1. The summed E-state index contributed by atoms with van der Waals surface area (Å²) in [6.45, 7) is 2.25. The number of carbonyl (C=O) groups excluding carboxylic acids is 3. The minimum absolute atomic E-state index is 0. The molecule has 4 N–H and O–H groups in total. The molecule has 0 radical (unpaired) electrons. The van der Waals surface area contributed by atoms with Crippen molar-refractivity contribution in [2.45, 2.75) is 180 Å². The topological polar surface area (TPSA) is 184 Å². The monoisotopic (exact) mass is 637 g/mol. The van der Waals surface area contributed by atoms with Crippen LogP contribution < -0.4 is 40.4 Å². The average molecular weight is 638 g/mol. The Balaban J connectivity index is -0.000000943. The Bertz CT molecular complexity index is 714. The van der Waals surface area contributed by atoms with E-state index in [-0.39, 0.29) is 61.7 Å². The van der Waals surface area contributed by atoms with Gasteiger partial charge in [0.1, 0.15) is 6.04 Å². The third-order valence-corrected chi connectivity index (χ3v) is 7.19. The van der Waals surface area contributed by atoms with Gasteiger partial charge in [-0.25, -0.2) is 4.79 Å². The zero-order valence-electron chi connectivity index (χ0n) is 27.8. The molecular formula is C33H60NNaO9. The van der Waals surface area contributed by atoms with E-state index in [0.717, 1.165) is 51.4 Å². The molecule has 0 spiro atoms. The maximum atomic E-state index is 11.6. The fraction of sp³-hybridized carbons (Fsp3) is 0.848. The van der Waals surface area contributed by atoms with Crippen LogP contribution in [0.5, 0.6) is 0 Å². The molecule has 11 heteroatoms. The largest absolute Gasteiger partial charge is 1.00 e. The number of carboxylic acids is 3. The second-order valence-electron chi connectivity index (χ2n) is 11.4. The minimum atomic E-state index is -1.28. The zero-order chi connectivity index (χ0) is 32.6. The molecule has 0 aromatic rings. The van der Waals surface area contributed by atoms with Crippen LogP contribution in [0.2, 0.25) is 0 Å². The van der Waals surface area contributed by atoms with Crippen molar-refractivity contribution in [2.75, 3.05) is 0 Å². The molecule has 44 heavy (non-hydrogen) atoms. The number of nitrogens with two attached hydrogens (primary N) is 1. The fourth-order valence-electron chi connectivity index (χ4n) is 4.53. The van der Waals surface area contributed by atoms with Gasteiger partial charge >= 0.3 is 53.4 Å². The first kappa shape index (κ1) is 46.9. The summed E-state index contributed by atoms with van der Waals surface area (Å²) in [6, 6.07) is -1.10. The quantitative estimate of drug-likeness (QED) is 0.0475. The number of hydrogen-bond acceptors (Lipinski definition) is 8. The molecule has 0 aliphatic heterocycles. The van der Waals surface area contributed by atoms with E-state index in [4.69, 9.17) is 15.9 Å². The van der Waals surface area contributed by atoms with E-state index < -0.39 is 35.9 Å². The van der Waals surface area contributed by atoms with Crippen LogP contribution in [0.1, 0.15) is 174 Å². The van der Waals surface area contributed by atoms with Gasteiger partial charge < -0.3 is 30.6 Å². The van der Waals surface area contributed by atoms with E-state index in [1.165, 1.54) is 77.0 Å². The van der Waals surface area contributed by atoms with E-state index in [1.807, 2.05) is 0 Å². The number of ether oxygens (including phenoxy) is 1. The molecule has 0 saturated heterocycles. The minimum Gasteiger partial charge on any atom is -0.550 e. The van der Waals surface area contributed by atoms with E-state index in [0.29, 0.717) is 6.42 Å². The Kier molecular flexibility index (Phi) is 38.4. The van der Waals surface area contributed by atoms with Gasteiger partial charge in [-0.15, -0.1) is 0 Å². The van der Waals surface area contributed by atoms with E-state index in [2.05, 4.69) is 11.7 Å². The normalized spacial score (nSPS) is 11.0. The number of rotatable bonds is 29. The summed E-state index contributed by atoms with van der Waals surface area (Å²) in [7, 11) is 0. The summed E-state index contributed by atoms with van der Waals surface area (Å²) in [5, 5.41) is 27.0. The van der Waals surface area contributed by atoms with Crippen molar-refractivity contribution >= 4 is 29.8 Å². The van der Waals surface area contributed by atoms with E-state index >= 15 is 0 Å². The third-order valence-electron chi connectivity index (χ3n) is 7.19. The maximum absolute atomic E-state index is 11.6. The molecule has 0 aliphatic rings. The summed E-state index contributed by atoms with van der Waals surface area (Å²) < 4.78 is 4.65. The van der Waals surface area contributed by atoms with Crippen LogP contribution in [0.4, 0.5) is 0 Å². The van der Waals surface area contributed by atoms with Gasteiger partial charge in [0.05, 0.1) is 0 Å². The number of hydrogen-bond donors (Lipinski definition) is 3. The van der Waals surface area contributed by atoms with Crippen molar-refractivity contribution < 1.29 is 73.6 Å². The van der Waals surface area contributed by atoms with Gasteiger partial charge in [0.2, 0.25) is 0 Å². The van der Waals surface area contributed by atoms with Crippen LogP contribution in [0.15, 0.2) is 0 Å². The number of carbonyl (C=O) groups is 5. The van der Waals surface area contributed by atoms with Crippen LogP contribution >= 0.6 is 0 Å². The van der Waals surface area contributed by atoms with Gasteiger partial charge in [-0.2, -0.15) is 0 Å². The Morgan fingerprint density at radius 2 is 0.886 bits per heavy atom. The maximum Gasteiger partial charge on any atom is 1.00 e. The zero-order valence-corrected chi connectivity index (χ0v) is 29.8. The number of aliphatic carboxylic acids is 3. The summed E-state index contributed by atoms with van der Waals surface area (Å²) in [4.78, 5) is 53.8. The van der Waals surface area contributed by atoms with Gasteiger partial charge in [0.25, 0.3) is 0 Å². The van der Waals surface area contributed by atoms with Crippen LogP contribution in [-0.2, 0) is 28.7 Å². The molecule has 0 saturated carbocycles. The first-order valence-electron chi connectivity index (χ1n) is 16.7. The summed E-state index contributed by atoms with van der Waals surface area (Å²) in [6.07, 6.45) is 24.3. The van der Waals surface area contributed by atoms with Crippen LogP contribution in [0, 0.1) is 0 Å². The molecule has 0 unspecified atom stereocenters.